The van der Waals surface area contributed by atoms with Gasteiger partial charge < -0.3 is 4.90 Å². The van der Waals surface area contributed by atoms with Crippen LogP contribution in [0.15, 0.2) is 0 Å². The lowest BCUT2D eigenvalue weighted by molar-refractivity contribution is 0.269. The van der Waals surface area contributed by atoms with E-state index in [0.717, 1.165) is 5.92 Å². The molecule has 2 saturated heterocycles. The standard InChI is InChI=1S/C10H19N/c1-3-7-11-8-4-2-6-10(5-1)9-11/h10H,1-9H2. The van der Waals surface area contributed by atoms with Gasteiger partial charge in [0.05, 0.1) is 0 Å². The van der Waals surface area contributed by atoms with Gasteiger partial charge in [-0.3, -0.25) is 0 Å². The van der Waals surface area contributed by atoms with E-state index in [2.05, 4.69) is 4.90 Å². The third-order valence-electron chi connectivity index (χ3n) is 3.19. The van der Waals surface area contributed by atoms with Crippen LogP contribution in [0, 0.1) is 5.92 Å². The predicted molar refractivity (Wildman–Crippen MR) is 47.6 cm³/mol. The maximum Gasteiger partial charge on any atom is 0.000966 e. The minimum absolute atomic E-state index is 1.06. The van der Waals surface area contributed by atoms with Gasteiger partial charge in [0.25, 0.3) is 0 Å². The van der Waals surface area contributed by atoms with Gasteiger partial charge in [0.2, 0.25) is 0 Å². The van der Waals surface area contributed by atoms with Crippen molar-refractivity contribution >= 4 is 0 Å². The molecule has 64 valence electrons. The Bertz CT molecular complexity index is 96.0. The van der Waals surface area contributed by atoms with Gasteiger partial charge in [0.15, 0.2) is 0 Å². The molecule has 0 aromatic heterocycles. The van der Waals surface area contributed by atoms with E-state index in [1.165, 1.54) is 58.2 Å². The fourth-order valence-corrected chi connectivity index (χ4v) is 2.52. The second kappa shape index (κ2) is 3.57. The SMILES string of the molecule is C1CCN2CCCCC(C1)C2. The number of hydrogen-bond acceptors (Lipinski definition) is 1. The Kier molecular flexibility index (Phi) is 2.47. The summed E-state index contributed by atoms with van der Waals surface area (Å²) < 4.78 is 0. The largest absolute Gasteiger partial charge is 0.303 e. The third-order valence-corrected chi connectivity index (χ3v) is 3.19. The van der Waals surface area contributed by atoms with Gasteiger partial charge in [0.1, 0.15) is 0 Å². The second-order valence-electron chi connectivity index (χ2n) is 4.16. The van der Waals surface area contributed by atoms with Crippen LogP contribution >= 0.6 is 0 Å². The summed E-state index contributed by atoms with van der Waals surface area (Å²) in [6, 6.07) is 0. The molecule has 2 heterocycles. The lowest BCUT2D eigenvalue weighted by atomic mass is 9.98. The molecule has 0 N–H and O–H groups in total. The molecule has 0 atom stereocenters. The van der Waals surface area contributed by atoms with Crippen molar-refractivity contribution in [1.82, 2.24) is 4.90 Å². The van der Waals surface area contributed by atoms with Crippen LogP contribution in [0.2, 0.25) is 0 Å². The molecule has 2 fully saturated rings. The van der Waals surface area contributed by atoms with Gasteiger partial charge in [-0.2, -0.15) is 0 Å². The van der Waals surface area contributed by atoms with E-state index >= 15 is 0 Å². The molecular formula is C10H19N. The molecule has 2 aliphatic heterocycles. The van der Waals surface area contributed by atoms with E-state index in [0.29, 0.717) is 0 Å². The first kappa shape index (κ1) is 7.60. The van der Waals surface area contributed by atoms with Crippen molar-refractivity contribution in [3.63, 3.8) is 0 Å². The Hall–Kier alpha value is -0.0400. The Morgan fingerprint density at radius 1 is 0.818 bits per heavy atom. The van der Waals surface area contributed by atoms with Crippen LogP contribution in [0.4, 0.5) is 0 Å². The monoisotopic (exact) mass is 153 g/mol. The average Bonchev–Trinajstić information content (AvgIpc) is 2.36. The summed E-state index contributed by atoms with van der Waals surface area (Å²) in [7, 11) is 0. The van der Waals surface area contributed by atoms with Gasteiger partial charge in [-0.15, -0.1) is 0 Å². The molecular weight excluding hydrogens is 134 g/mol. The van der Waals surface area contributed by atoms with Crippen molar-refractivity contribution in [3.05, 3.63) is 0 Å². The van der Waals surface area contributed by atoms with Gasteiger partial charge in [-0.25, -0.2) is 0 Å². The summed E-state index contributed by atoms with van der Waals surface area (Å²) in [4.78, 5) is 2.69. The summed E-state index contributed by atoms with van der Waals surface area (Å²) in [6.07, 6.45) is 8.91. The summed E-state index contributed by atoms with van der Waals surface area (Å²) in [5.74, 6) is 1.06. The molecule has 0 aromatic carbocycles. The number of rotatable bonds is 0. The first-order chi connectivity index (χ1) is 5.45. The van der Waals surface area contributed by atoms with Crippen molar-refractivity contribution in [2.24, 2.45) is 5.92 Å². The normalized spacial score (nSPS) is 39.3. The smallest absolute Gasteiger partial charge is 0.000966 e. The van der Waals surface area contributed by atoms with Gasteiger partial charge in [-0.05, 0) is 44.7 Å². The maximum absolute atomic E-state index is 2.69. The molecule has 0 aliphatic carbocycles. The number of hydrogen-bond donors (Lipinski definition) is 0. The molecule has 2 rings (SSSR count). The van der Waals surface area contributed by atoms with Crippen molar-refractivity contribution < 1.29 is 0 Å². The van der Waals surface area contributed by atoms with Crippen LogP contribution in [-0.4, -0.2) is 24.5 Å². The molecule has 0 aromatic rings. The highest BCUT2D eigenvalue weighted by atomic mass is 15.1. The Morgan fingerprint density at radius 3 is 2.09 bits per heavy atom. The molecule has 0 saturated carbocycles. The lowest BCUT2D eigenvalue weighted by Crippen LogP contribution is -2.27. The van der Waals surface area contributed by atoms with E-state index in [9.17, 15) is 0 Å². The minimum atomic E-state index is 1.06. The first-order valence-corrected chi connectivity index (χ1v) is 5.17. The van der Waals surface area contributed by atoms with E-state index in [-0.39, 0.29) is 0 Å². The summed E-state index contributed by atoms with van der Waals surface area (Å²) in [6.45, 7) is 4.19. The van der Waals surface area contributed by atoms with Crippen molar-refractivity contribution in [2.75, 3.05) is 19.6 Å². The predicted octanol–water partition coefficient (Wildman–Crippen LogP) is 2.27. The fourth-order valence-electron chi connectivity index (χ4n) is 2.52. The molecule has 11 heavy (non-hydrogen) atoms. The lowest BCUT2D eigenvalue weighted by Gasteiger charge is -2.19. The van der Waals surface area contributed by atoms with Crippen LogP contribution in [-0.2, 0) is 0 Å². The summed E-state index contributed by atoms with van der Waals surface area (Å²) in [5.41, 5.74) is 0. The van der Waals surface area contributed by atoms with E-state index < -0.39 is 0 Å². The van der Waals surface area contributed by atoms with Crippen LogP contribution in [0.5, 0.6) is 0 Å². The molecule has 0 unspecified atom stereocenters. The second-order valence-corrected chi connectivity index (χ2v) is 4.16. The molecule has 0 spiro atoms. The van der Waals surface area contributed by atoms with Crippen LogP contribution in [0.3, 0.4) is 0 Å². The summed E-state index contributed by atoms with van der Waals surface area (Å²) in [5, 5.41) is 0. The van der Waals surface area contributed by atoms with Crippen LogP contribution in [0.1, 0.15) is 38.5 Å². The van der Waals surface area contributed by atoms with Crippen LogP contribution < -0.4 is 0 Å². The molecule has 0 amide bonds. The first-order valence-electron chi connectivity index (χ1n) is 5.17. The molecule has 1 nitrogen and oxygen atoms in total. The molecule has 0 radical (unpaired) electrons. The third kappa shape index (κ3) is 1.96. The zero-order valence-electron chi connectivity index (χ0n) is 7.39. The Balaban J connectivity index is 1.96. The van der Waals surface area contributed by atoms with Gasteiger partial charge in [0, 0.05) is 6.54 Å². The summed E-state index contributed by atoms with van der Waals surface area (Å²) >= 11 is 0. The van der Waals surface area contributed by atoms with Crippen molar-refractivity contribution in [3.8, 4) is 0 Å². The Morgan fingerprint density at radius 2 is 1.45 bits per heavy atom. The highest BCUT2D eigenvalue weighted by molar-refractivity contribution is 4.74. The highest BCUT2D eigenvalue weighted by Crippen LogP contribution is 2.24. The fraction of sp³-hybridized carbons (Fsp3) is 1.00. The average molecular weight is 153 g/mol. The topological polar surface area (TPSA) is 3.24 Å². The van der Waals surface area contributed by atoms with Gasteiger partial charge >= 0.3 is 0 Å². The van der Waals surface area contributed by atoms with E-state index in [1.54, 1.807) is 0 Å². The maximum atomic E-state index is 2.69. The van der Waals surface area contributed by atoms with Gasteiger partial charge in [-0.1, -0.05) is 12.8 Å². The highest BCUT2D eigenvalue weighted by Gasteiger charge is 2.19. The molecule has 2 bridgehead atoms. The van der Waals surface area contributed by atoms with Crippen molar-refractivity contribution in [2.45, 2.75) is 38.5 Å². The zero-order valence-corrected chi connectivity index (χ0v) is 7.39. The Labute approximate surface area is 69.8 Å². The quantitative estimate of drug-likeness (QED) is 0.516. The van der Waals surface area contributed by atoms with Crippen molar-refractivity contribution in [1.29, 1.82) is 0 Å². The van der Waals surface area contributed by atoms with Crippen LogP contribution in [0.25, 0.3) is 0 Å². The number of nitrogens with zero attached hydrogens (tertiary/aromatic N) is 1. The molecule has 1 heteroatoms. The zero-order chi connectivity index (χ0) is 7.52. The molecule has 2 aliphatic rings. The minimum Gasteiger partial charge on any atom is -0.303 e. The number of fused-ring (bicyclic) bond motifs is 2. The van der Waals surface area contributed by atoms with E-state index in [1.807, 2.05) is 0 Å². The van der Waals surface area contributed by atoms with E-state index in [4.69, 9.17) is 0 Å².